The predicted octanol–water partition coefficient (Wildman–Crippen LogP) is 4.37. The van der Waals surface area contributed by atoms with Gasteiger partial charge < -0.3 is 14.8 Å². The van der Waals surface area contributed by atoms with Crippen LogP contribution in [0.2, 0.25) is 0 Å². The monoisotopic (exact) mass is 283 g/mol. The first-order chi connectivity index (χ1) is 10.3. The van der Waals surface area contributed by atoms with Crippen LogP contribution in [0.25, 0.3) is 0 Å². The first-order valence-corrected chi connectivity index (χ1v) is 7.56. The van der Waals surface area contributed by atoms with Crippen LogP contribution in [0.4, 0.5) is 5.69 Å². The molecule has 0 fully saturated rings. The molecule has 0 saturated carbocycles. The highest BCUT2D eigenvalue weighted by molar-refractivity contribution is 5.48. The van der Waals surface area contributed by atoms with Crippen molar-refractivity contribution in [3.8, 4) is 11.5 Å². The number of fused-ring (bicyclic) bond motifs is 1. The predicted molar refractivity (Wildman–Crippen MR) is 84.9 cm³/mol. The summed E-state index contributed by atoms with van der Waals surface area (Å²) < 4.78 is 10.7. The van der Waals surface area contributed by atoms with Gasteiger partial charge in [0.1, 0.15) is 0 Å². The minimum Gasteiger partial charge on any atom is -0.454 e. The lowest BCUT2D eigenvalue weighted by Gasteiger charge is -2.08. The van der Waals surface area contributed by atoms with Crippen LogP contribution in [0.3, 0.4) is 0 Å². The molecule has 0 unspecified atom stereocenters. The fourth-order valence-electron chi connectivity index (χ4n) is 2.43. The average molecular weight is 283 g/mol. The van der Waals surface area contributed by atoms with Crippen molar-refractivity contribution in [2.75, 3.05) is 12.1 Å². The fourth-order valence-corrected chi connectivity index (χ4v) is 2.43. The Balaban J connectivity index is 1.57. The van der Waals surface area contributed by atoms with Crippen LogP contribution in [0.1, 0.15) is 30.9 Å². The van der Waals surface area contributed by atoms with Crippen LogP contribution in [0.15, 0.2) is 42.5 Å². The zero-order chi connectivity index (χ0) is 14.5. The summed E-state index contributed by atoms with van der Waals surface area (Å²) in [6.07, 6.45) is 3.66. The molecule has 0 aliphatic carbocycles. The molecule has 0 aromatic heterocycles. The minimum atomic E-state index is 0.325. The summed E-state index contributed by atoms with van der Waals surface area (Å²) in [7, 11) is 0. The molecular weight excluding hydrogens is 262 g/mol. The van der Waals surface area contributed by atoms with Crippen LogP contribution >= 0.6 is 0 Å². The van der Waals surface area contributed by atoms with Gasteiger partial charge >= 0.3 is 0 Å². The second-order valence-corrected chi connectivity index (χ2v) is 5.34. The Hall–Kier alpha value is -2.16. The molecule has 3 nitrogen and oxygen atoms in total. The van der Waals surface area contributed by atoms with Gasteiger partial charge in [-0.2, -0.15) is 0 Å². The van der Waals surface area contributed by atoms with Gasteiger partial charge in [0, 0.05) is 12.2 Å². The molecule has 1 aliphatic heterocycles. The lowest BCUT2D eigenvalue weighted by atomic mass is 10.1. The van der Waals surface area contributed by atoms with E-state index in [2.05, 4.69) is 42.6 Å². The quantitative estimate of drug-likeness (QED) is 0.854. The number of hydrogen-bond acceptors (Lipinski definition) is 3. The Morgan fingerprint density at radius 3 is 2.52 bits per heavy atom. The lowest BCUT2D eigenvalue weighted by Crippen LogP contribution is -1.99. The molecule has 2 aromatic rings. The number of benzene rings is 2. The van der Waals surface area contributed by atoms with E-state index < -0.39 is 0 Å². The van der Waals surface area contributed by atoms with Crippen LogP contribution in [0.5, 0.6) is 11.5 Å². The van der Waals surface area contributed by atoms with Gasteiger partial charge in [-0.25, -0.2) is 0 Å². The number of hydrogen-bond donors (Lipinski definition) is 1. The van der Waals surface area contributed by atoms with E-state index in [1.165, 1.54) is 30.4 Å². The largest absolute Gasteiger partial charge is 0.454 e. The average Bonchev–Trinajstić information content (AvgIpc) is 2.99. The Bertz CT molecular complexity index is 593. The van der Waals surface area contributed by atoms with Gasteiger partial charge in [-0.1, -0.05) is 31.5 Å². The molecule has 0 amide bonds. The summed E-state index contributed by atoms with van der Waals surface area (Å²) in [4.78, 5) is 0. The Kier molecular flexibility index (Phi) is 4.29. The number of aryl methyl sites for hydroxylation is 1. The van der Waals surface area contributed by atoms with Gasteiger partial charge in [0.05, 0.1) is 0 Å². The van der Waals surface area contributed by atoms with Gasteiger partial charge in [0.15, 0.2) is 11.5 Å². The SMILES string of the molecule is CCCCc1ccc(NCc2ccc3c(c2)OCO3)cc1. The standard InChI is InChI=1S/C18H21NO2/c1-2-3-4-14-5-8-16(9-6-14)19-12-15-7-10-17-18(11-15)21-13-20-17/h5-11,19H,2-4,12-13H2,1H3. The molecule has 0 saturated heterocycles. The van der Waals surface area contributed by atoms with Crippen LogP contribution in [0, 0.1) is 0 Å². The molecule has 1 heterocycles. The number of nitrogens with one attached hydrogen (secondary N) is 1. The lowest BCUT2D eigenvalue weighted by molar-refractivity contribution is 0.174. The highest BCUT2D eigenvalue weighted by atomic mass is 16.7. The van der Waals surface area contributed by atoms with E-state index >= 15 is 0 Å². The van der Waals surface area contributed by atoms with Gasteiger partial charge in [-0.05, 0) is 48.2 Å². The first kappa shape index (κ1) is 13.8. The second-order valence-electron chi connectivity index (χ2n) is 5.34. The molecule has 3 heteroatoms. The van der Waals surface area contributed by atoms with Gasteiger partial charge in [0.25, 0.3) is 0 Å². The third kappa shape index (κ3) is 3.48. The summed E-state index contributed by atoms with van der Waals surface area (Å²) in [6.45, 7) is 3.33. The maximum absolute atomic E-state index is 5.39. The Morgan fingerprint density at radius 2 is 1.71 bits per heavy atom. The third-order valence-corrected chi connectivity index (χ3v) is 3.71. The van der Waals surface area contributed by atoms with Gasteiger partial charge in [0.2, 0.25) is 6.79 Å². The number of anilines is 1. The Morgan fingerprint density at radius 1 is 0.952 bits per heavy atom. The highest BCUT2D eigenvalue weighted by Crippen LogP contribution is 2.32. The molecule has 2 aromatic carbocycles. The van der Waals surface area contributed by atoms with E-state index in [1.807, 2.05) is 12.1 Å². The van der Waals surface area contributed by atoms with Crippen molar-refractivity contribution in [2.24, 2.45) is 0 Å². The van der Waals surface area contributed by atoms with Crippen molar-refractivity contribution in [1.82, 2.24) is 0 Å². The summed E-state index contributed by atoms with van der Waals surface area (Å²) in [5, 5.41) is 3.44. The van der Waals surface area contributed by atoms with E-state index in [0.29, 0.717) is 6.79 Å². The highest BCUT2D eigenvalue weighted by Gasteiger charge is 2.12. The van der Waals surface area contributed by atoms with Crippen LogP contribution < -0.4 is 14.8 Å². The van der Waals surface area contributed by atoms with Crippen molar-refractivity contribution in [1.29, 1.82) is 0 Å². The molecule has 0 atom stereocenters. The van der Waals surface area contributed by atoms with Crippen molar-refractivity contribution >= 4 is 5.69 Å². The second kappa shape index (κ2) is 6.53. The zero-order valence-corrected chi connectivity index (χ0v) is 12.4. The molecule has 0 radical (unpaired) electrons. The maximum Gasteiger partial charge on any atom is 0.231 e. The van der Waals surface area contributed by atoms with E-state index in [4.69, 9.17) is 9.47 Å². The number of ether oxygens (including phenoxy) is 2. The summed E-state index contributed by atoms with van der Waals surface area (Å²) >= 11 is 0. The van der Waals surface area contributed by atoms with E-state index in [-0.39, 0.29) is 0 Å². The molecule has 1 aliphatic rings. The molecule has 0 spiro atoms. The molecule has 110 valence electrons. The van der Waals surface area contributed by atoms with Crippen molar-refractivity contribution in [2.45, 2.75) is 32.7 Å². The fraction of sp³-hybridized carbons (Fsp3) is 0.333. The maximum atomic E-state index is 5.39. The van der Waals surface area contributed by atoms with Gasteiger partial charge in [-0.15, -0.1) is 0 Å². The van der Waals surface area contributed by atoms with E-state index in [1.54, 1.807) is 0 Å². The summed E-state index contributed by atoms with van der Waals surface area (Å²) in [5.74, 6) is 1.67. The molecule has 0 bridgehead atoms. The van der Waals surface area contributed by atoms with Crippen LogP contribution in [-0.2, 0) is 13.0 Å². The van der Waals surface area contributed by atoms with E-state index in [9.17, 15) is 0 Å². The van der Waals surface area contributed by atoms with Crippen molar-refractivity contribution < 1.29 is 9.47 Å². The first-order valence-electron chi connectivity index (χ1n) is 7.56. The molecular formula is C18H21NO2. The Labute approximate surface area is 125 Å². The van der Waals surface area contributed by atoms with Crippen molar-refractivity contribution in [3.63, 3.8) is 0 Å². The third-order valence-electron chi connectivity index (χ3n) is 3.71. The van der Waals surface area contributed by atoms with Crippen LogP contribution in [-0.4, -0.2) is 6.79 Å². The minimum absolute atomic E-state index is 0.325. The summed E-state index contributed by atoms with van der Waals surface area (Å²) in [5.41, 5.74) is 3.74. The zero-order valence-electron chi connectivity index (χ0n) is 12.4. The van der Waals surface area contributed by atoms with Crippen molar-refractivity contribution in [3.05, 3.63) is 53.6 Å². The number of rotatable bonds is 6. The smallest absolute Gasteiger partial charge is 0.231 e. The topological polar surface area (TPSA) is 30.5 Å². The normalized spacial score (nSPS) is 12.4. The van der Waals surface area contributed by atoms with Gasteiger partial charge in [-0.3, -0.25) is 0 Å². The summed E-state index contributed by atoms with van der Waals surface area (Å²) in [6, 6.07) is 14.8. The molecule has 3 rings (SSSR count). The molecule has 1 N–H and O–H groups in total. The van der Waals surface area contributed by atoms with E-state index in [0.717, 1.165) is 23.7 Å². The molecule has 21 heavy (non-hydrogen) atoms. The number of unbranched alkanes of at least 4 members (excludes halogenated alkanes) is 1.